The van der Waals surface area contributed by atoms with E-state index >= 15 is 0 Å². The smallest absolute Gasteiger partial charge is 0.137 e. The number of halogens is 1. The third kappa shape index (κ3) is 2.35. The fourth-order valence-electron chi connectivity index (χ4n) is 3.45. The quantitative estimate of drug-likeness (QED) is 0.905. The van der Waals surface area contributed by atoms with Gasteiger partial charge in [-0.15, -0.1) is 0 Å². The van der Waals surface area contributed by atoms with Crippen LogP contribution in [0.15, 0.2) is 18.2 Å². The standard InChI is InChI=1S/C15H20ClNO2/c1-19-14-9-11(4-5-13(14)16)15(18)6-8-17-7-2-3-12(17)10-15/h4-5,9,12,18H,2-3,6-8,10H2,1H3. The second kappa shape index (κ2) is 4.97. The summed E-state index contributed by atoms with van der Waals surface area (Å²) in [5.74, 6) is 0.640. The second-order valence-corrected chi connectivity index (χ2v) is 6.07. The Labute approximate surface area is 119 Å². The molecule has 1 aromatic carbocycles. The van der Waals surface area contributed by atoms with Crippen molar-refractivity contribution in [1.29, 1.82) is 0 Å². The molecule has 0 saturated carbocycles. The van der Waals surface area contributed by atoms with Crippen LogP contribution in [0.2, 0.25) is 5.02 Å². The number of rotatable bonds is 2. The summed E-state index contributed by atoms with van der Waals surface area (Å²) in [6.07, 6.45) is 4.06. The summed E-state index contributed by atoms with van der Waals surface area (Å²) in [5, 5.41) is 11.6. The molecular weight excluding hydrogens is 262 g/mol. The van der Waals surface area contributed by atoms with Crippen LogP contribution in [0.3, 0.4) is 0 Å². The Kier molecular flexibility index (Phi) is 3.46. The van der Waals surface area contributed by atoms with E-state index in [1.165, 1.54) is 19.4 Å². The lowest BCUT2D eigenvalue weighted by Crippen LogP contribution is -2.45. The first-order valence-corrected chi connectivity index (χ1v) is 7.31. The van der Waals surface area contributed by atoms with E-state index < -0.39 is 5.60 Å². The number of piperidine rings is 1. The van der Waals surface area contributed by atoms with Crippen molar-refractivity contribution in [2.24, 2.45) is 0 Å². The highest BCUT2D eigenvalue weighted by molar-refractivity contribution is 6.32. The van der Waals surface area contributed by atoms with E-state index in [2.05, 4.69) is 4.90 Å². The molecule has 3 nitrogen and oxygen atoms in total. The zero-order valence-corrected chi connectivity index (χ0v) is 12.0. The topological polar surface area (TPSA) is 32.7 Å². The minimum Gasteiger partial charge on any atom is -0.495 e. The Morgan fingerprint density at radius 1 is 1.42 bits per heavy atom. The van der Waals surface area contributed by atoms with Crippen LogP contribution in [-0.4, -0.2) is 36.2 Å². The van der Waals surface area contributed by atoms with Crippen LogP contribution in [0.25, 0.3) is 0 Å². The maximum Gasteiger partial charge on any atom is 0.137 e. The van der Waals surface area contributed by atoms with E-state index in [-0.39, 0.29) is 0 Å². The van der Waals surface area contributed by atoms with Gasteiger partial charge in [-0.25, -0.2) is 0 Å². The van der Waals surface area contributed by atoms with Gasteiger partial charge in [0.2, 0.25) is 0 Å². The van der Waals surface area contributed by atoms with Crippen LogP contribution in [0.1, 0.15) is 31.2 Å². The van der Waals surface area contributed by atoms with Crippen LogP contribution < -0.4 is 4.74 Å². The summed E-state index contributed by atoms with van der Waals surface area (Å²) in [7, 11) is 1.61. The van der Waals surface area contributed by atoms with Crippen LogP contribution in [0.4, 0.5) is 0 Å². The second-order valence-electron chi connectivity index (χ2n) is 5.67. The fourth-order valence-corrected chi connectivity index (χ4v) is 3.65. The largest absolute Gasteiger partial charge is 0.495 e. The van der Waals surface area contributed by atoms with Crippen molar-refractivity contribution in [3.05, 3.63) is 28.8 Å². The summed E-state index contributed by atoms with van der Waals surface area (Å²) in [6, 6.07) is 6.15. The van der Waals surface area contributed by atoms with Gasteiger partial charge in [-0.3, -0.25) is 0 Å². The number of ether oxygens (including phenoxy) is 1. The molecule has 0 amide bonds. The summed E-state index contributed by atoms with van der Waals surface area (Å²) in [5.41, 5.74) is 0.198. The molecule has 0 aromatic heterocycles. The predicted molar refractivity (Wildman–Crippen MR) is 75.7 cm³/mol. The van der Waals surface area contributed by atoms with Crippen LogP contribution in [-0.2, 0) is 5.60 Å². The van der Waals surface area contributed by atoms with Crippen LogP contribution in [0, 0.1) is 0 Å². The Hall–Kier alpha value is -0.770. The van der Waals surface area contributed by atoms with Gasteiger partial charge in [-0.2, -0.15) is 0 Å². The zero-order valence-electron chi connectivity index (χ0n) is 11.2. The van der Waals surface area contributed by atoms with E-state index in [1.807, 2.05) is 18.2 Å². The van der Waals surface area contributed by atoms with E-state index in [4.69, 9.17) is 16.3 Å². The molecule has 0 spiro atoms. The van der Waals surface area contributed by atoms with Crippen LogP contribution >= 0.6 is 11.6 Å². The highest BCUT2D eigenvalue weighted by Gasteiger charge is 2.41. The third-order valence-corrected chi connectivity index (χ3v) is 4.89. The first-order chi connectivity index (χ1) is 9.12. The number of methoxy groups -OCH3 is 1. The van der Waals surface area contributed by atoms with E-state index in [9.17, 15) is 5.11 Å². The molecule has 1 N–H and O–H groups in total. The molecule has 2 heterocycles. The number of nitrogens with zero attached hydrogens (tertiary/aromatic N) is 1. The number of hydrogen-bond donors (Lipinski definition) is 1. The van der Waals surface area contributed by atoms with Gasteiger partial charge in [0.1, 0.15) is 5.75 Å². The molecule has 0 aliphatic carbocycles. The summed E-state index contributed by atoms with van der Waals surface area (Å²) in [6.45, 7) is 2.16. The minimum atomic E-state index is -0.733. The van der Waals surface area contributed by atoms with Crippen molar-refractivity contribution in [1.82, 2.24) is 4.90 Å². The molecule has 1 aromatic rings. The Morgan fingerprint density at radius 2 is 2.26 bits per heavy atom. The molecule has 3 rings (SSSR count). The molecule has 0 radical (unpaired) electrons. The van der Waals surface area contributed by atoms with Gasteiger partial charge in [0.25, 0.3) is 0 Å². The molecule has 2 aliphatic rings. The van der Waals surface area contributed by atoms with E-state index in [0.29, 0.717) is 16.8 Å². The molecule has 2 saturated heterocycles. The summed E-state index contributed by atoms with van der Waals surface area (Å²) >= 11 is 6.05. The monoisotopic (exact) mass is 281 g/mol. The van der Waals surface area contributed by atoms with Gasteiger partial charge in [0.15, 0.2) is 0 Å². The molecule has 2 atom stereocenters. The first-order valence-electron chi connectivity index (χ1n) is 6.93. The molecule has 0 bridgehead atoms. The molecule has 4 heteroatoms. The average Bonchev–Trinajstić information content (AvgIpc) is 2.86. The molecule has 2 unspecified atom stereocenters. The zero-order chi connectivity index (χ0) is 13.5. The molecule has 19 heavy (non-hydrogen) atoms. The van der Waals surface area contributed by atoms with Crippen molar-refractivity contribution in [2.75, 3.05) is 20.2 Å². The van der Waals surface area contributed by atoms with Crippen LogP contribution in [0.5, 0.6) is 5.75 Å². The number of aliphatic hydroxyl groups is 1. The van der Waals surface area contributed by atoms with Crippen molar-refractivity contribution in [2.45, 2.75) is 37.3 Å². The molecule has 2 aliphatic heterocycles. The number of benzene rings is 1. The lowest BCUT2D eigenvalue weighted by atomic mass is 9.81. The van der Waals surface area contributed by atoms with E-state index in [0.717, 1.165) is 24.9 Å². The SMILES string of the molecule is COc1cc(C2(O)CCN3CCCC3C2)ccc1Cl. The average molecular weight is 282 g/mol. The number of hydrogen-bond acceptors (Lipinski definition) is 3. The van der Waals surface area contributed by atoms with Gasteiger partial charge in [0, 0.05) is 12.6 Å². The third-order valence-electron chi connectivity index (χ3n) is 4.57. The van der Waals surface area contributed by atoms with Gasteiger partial charge in [0.05, 0.1) is 17.7 Å². The van der Waals surface area contributed by atoms with Crippen molar-refractivity contribution >= 4 is 11.6 Å². The van der Waals surface area contributed by atoms with E-state index in [1.54, 1.807) is 7.11 Å². The Morgan fingerprint density at radius 3 is 3.05 bits per heavy atom. The summed E-state index contributed by atoms with van der Waals surface area (Å²) < 4.78 is 5.25. The van der Waals surface area contributed by atoms with Crippen molar-refractivity contribution < 1.29 is 9.84 Å². The fraction of sp³-hybridized carbons (Fsp3) is 0.600. The van der Waals surface area contributed by atoms with Gasteiger partial charge < -0.3 is 14.7 Å². The highest BCUT2D eigenvalue weighted by atomic mass is 35.5. The lowest BCUT2D eigenvalue weighted by molar-refractivity contribution is -0.0410. The Balaban J connectivity index is 1.88. The van der Waals surface area contributed by atoms with Gasteiger partial charge >= 0.3 is 0 Å². The lowest BCUT2D eigenvalue weighted by Gasteiger charge is -2.41. The molecule has 2 fully saturated rings. The molecular formula is C15H20ClNO2. The maximum atomic E-state index is 11.0. The maximum absolute atomic E-state index is 11.0. The first kappa shape index (κ1) is 13.2. The Bertz CT molecular complexity index is 479. The van der Waals surface area contributed by atoms with Crippen molar-refractivity contribution in [3.63, 3.8) is 0 Å². The van der Waals surface area contributed by atoms with Gasteiger partial charge in [-0.05, 0) is 49.9 Å². The van der Waals surface area contributed by atoms with Gasteiger partial charge in [-0.1, -0.05) is 17.7 Å². The highest BCUT2D eigenvalue weighted by Crippen LogP contribution is 2.41. The van der Waals surface area contributed by atoms with Crippen molar-refractivity contribution in [3.8, 4) is 5.75 Å². The minimum absolute atomic E-state index is 0.528. The predicted octanol–water partition coefficient (Wildman–Crippen LogP) is 2.79. The molecule has 104 valence electrons. The number of fused-ring (bicyclic) bond motifs is 1. The summed E-state index contributed by atoms with van der Waals surface area (Å²) in [4.78, 5) is 2.50. The normalized spacial score (nSPS) is 31.2.